The average molecular weight is 406 g/mol. The first-order valence-corrected chi connectivity index (χ1v) is 8.38. The summed E-state index contributed by atoms with van der Waals surface area (Å²) in [6.45, 7) is 0. The molecule has 6 nitrogen and oxygen atoms in total. The standard InChI is InChI=1S/C13H19F3N2O2.C2HF3O2/c14-13(15,16)12(20)3-1-2-8(6-12)17-11(19)10-5-7-4-9(7)18-10;3-2(4,5)1(6)7/h7-10,18,20H,1-6H2,(H,17,19);(H,6,7)/t7-,8?,9-,10+,12?;/m1./s1. The van der Waals surface area contributed by atoms with Crippen LogP contribution < -0.4 is 10.6 Å². The van der Waals surface area contributed by atoms with E-state index in [2.05, 4.69) is 10.6 Å². The second kappa shape index (κ2) is 7.46. The van der Waals surface area contributed by atoms with Gasteiger partial charge in [-0.2, -0.15) is 26.3 Å². The van der Waals surface area contributed by atoms with Crippen LogP contribution in [0.25, 0.3) is 0 Å². The molecule has 0 aromatic carbocycles. The van der Waals surface area contributed by atoms with E-state index in [9.17, 15) is 36.2 Å². The molecule has 0 bridgehead atoms. The Kier molecular flexibility index (Phi) is 6.00. The van der Waals surface area contributed by atoms with Gasteiger partial charge in [-0.25, -0.2) is 4.79 Å². The van der Waals surface area contributed by atoms with Crippen molar-refractivity contribution < 1.29 is 46.1 Å². The molecule has 1 saturated heterocycles. The number of hydrogen-bond donors (Lipinski definition) is 4. The van der Waals surface area contributed by atoms with Crippen LogP contribution in [-0.2, 0) is 9.59 Å². The zero-order chi connectivity index (χ0) is 20.6. The van der Waals surface area contributed by atoms with E-state index < -0.39 is 36.4 Å². The molecule has 0 spiro atoms. The molecule has 0 radical (unpaired) electrons. The number of hydrogen-bond acceptors (Lipinski definition) is 4. The lowest BCUT2D eigenvalue weighted by molar-refractivity contribution is -0.271. The summed E-state index contributed by atoms with van der Waals surface area (Å²) in [6, 6.07) is -0.453. The van der Waals surface area contributed by atoms with Crippen LogP contribution in [0.4, 0.5) is 26.3 Å². The van der Waals surface area contributed by atoms with Crippen molar-refractivity contribution in [3.05, 3.63) is 0 Å². The number of alkyl halides is 6. The Morgan fingerprint density at radius 3 is 2.15 bits per heavy atom. The molecule has 0 aromatic rings. The molecule has 1 amide bonds. The van der Waals surface area contributed by atoms with E-state index >= 15 is 0 Å². The summed E-state index contributed by atoms with van der Waals surface area (Å²) in [5, 5.41) is 22.7. The number of piperidine rings is 1. The van der Waals surface area contributed by atoms with Gasteiger partial charge in [-0.1, -0.05) is 0 Å². The molecule has 1 aliphatic heterocycles. The van der Waals surface area contributed by atoms with Crippen molar-refractivity contribution >= 4 is 11.9 Å². The molecule has 0 aromatic heterocycles. The van der Waals surface area contributed by atoms with Gasteiger partial charge in [-0.3, -0.25) is 4.79 Å². The number of carbonyl (C=O) groups excluding carboxylic acids is 1. The van der Waals surface area contributed by atoms with E-state index in [4.69, 9.17) is 9.90 Å². The number of rotatable bonds is 2. The minimum atomic E-state index is -5.08. The Bertz CT molecular complexity index is 572. The molecule has 1 heterocycles. The van der Waals surface area contributed by atoms with Crippen molar-refractivity contribution in [2.45, 2.75) is 74.6 Å². The summed E-state index contributed by atoms with van der Waals surface area (Å²) in [5.41, 5.74) is -2.66. The van der Waals surface area contributed by atoms with Gasteiger partial charge in [-0.05, 0) is 38.0 Å². The van der Waals surface area contributed by atoms with E-state index in [0.717, 1.165) is 12.8 Å². The average Bonchev–Trinajstić information content (AvgIpc) is 3.12. The molecule has 3 rings (SSSR count). The third kappa shape index (κ3) is 5.47. The maximum atomic E-state index is 12.8. The Balaban J connectivity index is 0.000000321. The van der Waals surface area contributed by atoms with Gasteiger partial charge in [0.05, 0.1) is 6.04 Å². The van der Waals surface area contributed by atoms with Crippen molar-refractivity contribution in [3.8, 4) is 0 Å². The van der Waals surface area contributed by atoms with Crippen LogP contribution in [0, 0.1) is 5.92 Å². The fourth-order valence-electron chi connectivity index (χ4n) is 3.46. The van der Waals surface area contributed by atoms with Crippen LogP contribution in [0.3, 0.4) is 0 Å². The predicted octanol–water partition coefficient (Wildman–Crippen LogP) is 1.72. The van der Waals surface area contributed by atoms with Gasteiger partial charge in [-0.15, -0.1) is 0 Å². The van der Waals surface area contributed by atoms with Crippen LogP contribution in [0.5, 0.6) is 0 Å². The third-order valence-electron chi connectivity index (χ3n) is 5.04. The number of fused-ring (bicyclic) bond motifs is 1. The molecule has 2 saturated carbocycles. The zero-order valence-electron chi connectivity index (χ0n) is 14.0. The Labute approximate surface area is 150 Å². The minimum Gasteiger partial charge on any atom is -0.475 e. The van der Waals surface area contributed by atoms with Crippen LogP contribution >= 0.6 is 0 Å². The normalized spacial score (nSPS) is 35.5. The maximum Gasteiger partial charge on any atom is 0.490 e. The van der Waals surface area contributed by atoms with Crippen molar-refractivity contribution in [2.24, 2.45) is 5.92 Å². The first-order valence-electron chi connectivity index (χ1n) is 8.38. The molecule has 2 aliphatic carbocycles. The highest BCUT2D eigenvalue weighted by Gasteiger charge is 2.56. The van der Waals surface area contributed by atoms with E-state index in [1.54, 1.807) is 0 Å². The second-order valence-corrected chi connectivity index (χ2v) is 7.19. The van der Waals surface area contributed by atoms with Crippen LogP contribution in [0.2, 0.25) is 0 Å². The van der Waals surface area contributed by atoms with Crippen molar-refractivity contribution in [1.82, 2.24) is 10.6 Å². The van der Waals surface area contributed by atoms with E-state index in [-0.39, 0.29) is 24.8 Å². The molecule has 27 heavy (non-hydrogen) atoms. The van der Waals surface area contributed by atoms with Crippen LogP contribution in [-0.4, -0.2) is 58.2 Å². The summed E-state index contributed by atoms with van der Waals surface area (Å²) in [7, 11) is 0. The SMILES string of the molecule is O=C(NC1CCCC(O)(C(F)(F)F)C1)[C@@H]1C[C@H]2C[C@H]2N1.O=C(O)C(F)(F)F. The van der Waals surface area contributed by atoms with Crippen molar-refractivity contribution in [2.75, 3.05) is 0 Å². The fourth-order valence-corrected chi connectivity index (χ4v) is 3.46. The van der Waals surface area contributed by atoms with Gasteiger partial charge in [0.1, 0.15) is 0 Å². The Morgan fingerprint density at radius 1 is 1.11 bits per heavy atom. The van der Waals surface area contributed by atoms with E-state index in [0.29, 0.717) is 18.4 Å². The number of carboxylic acid groups (broad SMARTS) is 1. The topological polar surface area (TPSA) is 98.7 Å². The Hall–Kier alpha value is -1.56. The number of carbonyl (C=O) groups is 2. The summed E-state index contributed by atoms with van der Waals surface area (Å²) >= 11 is 0. The smallest absolute Gasteiger partial charge is 0.475 e. The van der Waals surface area contributed by atoms with Gasteiger partial charge in [0.25, 0.3) is 0 Å². The van der Waals surface area contributed by atoms with Gasteiger partial charge >= 0.3 is 18.3 Å². The largest absolute Gasteiger partial charge is 0.490 e. The van der Waals surface area contributed by atoms with Crippen LogP contribution in [0.1, 0.15) is 38.5 Å². The molecular weight excluding hydrogens is 386 g/mol. The summed E-state index contributed by atoms with van der Waals surface area (Å²) in [5.74, 6) is -2.43. The van der Waals surface area contributed by atoms with Gasteiger partial charge < -0.3 is 20.8 Å². The number of aliphatic hydroxyl groups is 1. The molecule has 5 atom stereocenters. The molecule has 3 fully saturated rings. The van der Waals surface area contributed by atoms with E-state index in [1.165, 1.54) is 0 Å². The highest BCUT2D eigenvalue weighted by molar-refractivity contribution is 5.82. The lowest BCUT2D eigenvalue weighted by Crippen LogP contribution is -2.55. The van der Waals surface area contributed by atoms with Crippen molar-refractivity contribution in [3.63, 3.8) is 0 Å². The van der Waals surface area contributed by atoms with Gasteiger partial charge in [0.2, 0.25) is 5.91 Å². The first kappa shape index (κ1) is 21.7. The lowest BCUT2D eigenvalue weighted by Gasteiger charge is -2.38. The molecular formula is C15H20F6N2O4. The highest BCUT2D eigenvalue weighted by atomic mass is 19.4. The lowest BCUT2D eigenvalue weighted by atomic mass is 9.81. The predicted molar refractivity (Wildman–Crippen MR) is 78.5 cm³/mol. The summed E-state index contributed by atoms with van der Waals surface area (Å²) in [4.78, 5) is 20.9. The molecule has 4 N–H and O–H groups in total. The molecule has 156 valence electrons. The summed E-state index contributed by atoms with van der Waals surface area (Å²) < 4.78 is 70.2. The first-order chi connectivity index (χ1) is 12.2. The van der Waals surface area contributed by atoms with E-state index in [1.807, 2.05) is 0 Å². The molecule has 12 heteroatoms. The molecule has 3 aliphatic rings. The monoisotopic (exact) mass is 406 g/mol. The minimum absolute atomic E-state index is 0.228. The maximum absolute atomic E-state index is 12.8. The fraction of sp³-hybridized carbons (Fsp3) is 0.867. The third-order valence-corrected chi connectivity index (χ3v) is 5.04. The quantitative estimate of drug-likeness (QED) is 0.524. The van der Waals surface area contributed by atoms with Crippen molar-refractivity contribution in [1.29, 1.82) is 0 Å². The number of amides is 1. The number of carboxylic acids is 1. The number of halogens is 6. The number of nitrogens with one attached hydrogen (secondary N) is 2. The number of aliphatic carboxylic acids is 1. The second-order valence-electron chi connectivity index (χ2n) is 7.19. The zero-order valence-corrected chi connectivity index (χ0v) is 14.0. The highest BCUT2D eigenvalue weighted by Crippen LogP contribution is 2.42. The molecule has 2 unspecified atom stereocenters. The summed E-state index contributed by atoms with van der Waals surface area (Å²) in [6.07, 6.45) is -7.82. The Morgan fingerprint density at radius 2 is 1.70 bits per heavy atom. The van der Waals surface area contributed by atoms with Gasteiger partial charge in [0.15, 0.2) is 5.60 Å². The van der Waals surface area contributed by atoms with Crippen LogP contribution in [0.15, 0.2) is 0 Å². The van der Waals surface area contributed by atoms with Gasteiger partial charge in [0, 0.05) is 18.5 Å².